The monoisotopic (exact) mass is 296 g/mol. The average Bonchev–Trinajstić information content (AvgIpc) is 2.68. The Balaban J connectivity index is 2.38. The molecule has 0 fully saturated rings. The molecule has 0 aromatic heterocycles. The van der Waals surface area contributed by atoms with Crippen LogP contribution in [0, 0.1) is 34.6 Å². The third kappa shape index (κ3) is 2.14. The molecule has 2 aromatic rings. The quantitative estimate of drug-likeness (QED) is 0.742. The standard InChI is InChI=1S/C20H24O2/c1-11-7-17-18(13(3)12(11)2)10-22-9-16-8-19(21-6)14(4)15(5)20(16)17/h7-8H,9-10H2,1-6H3. The number of hydrogen-bond acceptors (Lipinski definition) is 2. The van der Waals surface area contributed by atoms with E-state index in [1.54, 1.807) is 7.11 Å². The van der Waals surface area contributed by atoms with Crippen LogP contribution in [0.4, 0.5) is 0 Å². The fourth-order valence-corrected chi connectivity index (χ4v) is 3.46. The molecule has 22 heavy (non-hydrogen) atoms. The van der Waals surface area contributed by atoms with Crippen LogP contribution in [0.5, 0.6) is 5.75 Å². The SMILES string of the molecule is COc1cc2c(c(C)c1C)-c1cc(C)c(C)c(C)c1COC2. The predicted molar refractivity (Wildman–Crippen MR) is 90.6 cm³/mol. The van der Waals surface area contributed by atoms with Gasteiger partial charge in [-0.1, -0.05) is 6.07 Å². The molecule has 0 saturated carbocycles. The van der Waals surface area contributed by atoms with Crippen LogP contribution >= 0.6 is 0 Å². The van der Waals surface area contributed by atoms with Gasteiger partial charge in [0.25, 0.3) is 0 Å². The fraction of sp³-hybridized carbons (Fsp3) is 0.400. The Hall–Kier alpha value is -1.80. The highest BCUT2D eigenvalue weighted by Crippen LogP contribution is 2.41. The molecule has 3 rings (SSSR count). The normalized spacial score (nSPS) is 13.4. The maximum absolute atomic E-state index is 5.96. The second-order valence-electron chi connectivity index (χ2n) is 6.33. The minimum absolute atomic E-state index is 0.638. The van der Waals surface area contributed by atoms with Crippen LogP contribution in [0.25, 0.3) is 11.1 Å². The number of benzene rings is 2. The van der Waals surface area contributed by atoms with Crippen molar-refractivity contribution in [3.8, 4) is 16.9 Å². The van der Waals surface area contributed by atoms with Gasteiger partial charge in [0.15, 0.2) is 0 Å². The van der Waals surface area contributed by atoms with Gasteiger partial charge in [-0.05, 0) is 90.8 Å². The van der Waals surface area contributed by atoms with Crippen molar-refractivity contribution in [3.05, 3.63) is 51.1 Å². The van der Waals surface area contributed by atoms with Gasteiger partial charge in [0, 0.05) is 0 Å². The zero-order chi connectivity index (χ0) is 16.0. The van der Waals surface area contributed by atoms with E-state index in [0.29, 0.717) is 13.2 Å². The topological polar surface area (TPSA) is 18.5 Å². The lowest BCUT2D eigenvalue weighted by Crippen LogP contribution is -2.01. The van der Waals surface area contributed by atoms with E-state index in [2.05, 4.69) is 46.8 Å². The third-order valence-corrected chi connectivity index (χ3v) is 5.22. The highest BCUT2D eigenvalue weighted by Gasteiger charge is 2.22. The molecule has 0 aliphatic carbocycles. The summed E-state index contributed by atoms with van der Waals surface area (Å²) < 4.78 is 11.5. The smallest absolute Gasteiger partial charge is 0.122 e. The lowest BCUT2D eigenvalue weighted by Gasteiger charge is -2.19. The van der Waals surface area contributed by atoms with Gasteiger partial charge >= 0.3 is 0 Å². The van der Waals surface area contributed by atoms with Crippen LogP contribution in [0.3, 0.4) is 0 Å². The van der Waals surface area contributed by atoms with E-state index < -0.39 is 0 Å². The number of rotatable bonds is 1. The molecule has 0 atom stereocenters. The van der Waals surface area contributed by atoms with Crippen LogP contribution < -0.4 is 4.74 Å². The summed E-state index contributed by atoms with van der Waals surface area (Å²) in [7, 11) is 1.73. The van der Waals surface area contributed by atoms with Crippen molar-refractivity contribution in [2.24, 2.45) is 0 Å². The van der Waals surface area contributed by atoms with Gasteiger partial charge in [-0.15, -0.1) is 0 Å². The van der Waals surface area contributed by atoms with Crippen molar-refractivity contribution in [2.45, 2.75) is 47.8 Å². The summed E-state index contributed by atoms with van der Waals surface area (Å²) in [5.41, 5.74) is 11.8. The van der Waals surface area contributed by atoms with E-state index >= 15 is 0 Å². The van der Waals surface area contributed by atoms with Crippen LogP contribution in [0.1, 0.15) is 38.9 Å². The molecule has 1 heterocycles. The van der Waals surface area contributed by atoms with E-state index in [1.807, 2.05) is 0 Å². The van der Waals surface area contributed by atoms with Crippen LogP contribution in [0.15, 0.2) is 12.1 Å². The molecular formula is C20H24O2. The Labute approximate surface area is 133 Å². The summed E-state index contributed by atoms with van der Waals surface area (Å²) in [6.07, 6.45) is 0. The Kier molecular flexibility index (Phi) is 3.73. The maximum Gasteiger partial charge on any atom is 0.122 e. The molecule has 0 unspecified atom stereocenters. The number of aryl methyl sites for hydroxylation is 1. The van der Waals surface area contributed by atoms with Crippen molar-refractivity contribution in [1.29, 1.82) is 0 Å². The summed E-state index contributed by atoms with van der Waals surface area (Å²) in [5, 5.41) is 0. The molecule has 0 spiro atoms. The highest BCUT2D eigenvalue weighted by molar-refractivity contribution is 5.78. The lowest BCUT2D eigenvalue weighted by molar-refractivity contribution is 0.109. The van der Waals surface area contributed by atoms with E-state index in [4.69, 9.17) is 9.47 Å². The van der Waals surface area contributed by atoms with Gasteiger partial charge in [0.2, 0.25) is 0 Å². The molecular weight excluding hydrogens is 272 g/mol. The van der Waals surface area contributed by atoms with Crippen LogP contribution in [-0.4, -0.2) is 7.11 Å². The van der Waals surface area contributed by atoms with Crippen molar-refractivity contribution in [3.63, 3.8) is 0 Å². The van der Waals surface area contributed by atoms with Crippen molar-refractivity contribution in [1.82, 2.24) is 0 Å². The Morgan fingerprint density at radius 2 is 1.59 bits per heavy atom. The predicted octanol–water partition coefficient (Wildman–Crippen LogP) is 4.93. The Morgan fingerprint density at radius 1 is 0.864 bits per heavy atom. The Morgan fingerprint density at radius 3 is 2.27 bits per heavy atom. The van der Waals surface area contributed by atoms with Gasteiger partial charge < -0.3 is 9.47 Å². The molecule has 0 amide bonds. The van der Waals surface area contributed by atoms with E-state index in [-0.39, 0.29) is 0 Å². The second-order valence-corrected chi connectivity index (χ2v) is 6.33. The van der Waals surface area contributed by atoms with Gasteiger partial charge in [-0.3, -0.25) is 0 Å². The zero-order valence-corrected chi connectivity index (χ0v) is 14.4. The highest BCUT2D eigenvalue weighted by atomic mass is 16.5. The van der Waals surface area contributed by atoms with E-state index in [1.165, 1.54) is 50.1 Å². The van der Waals surface area contributed by atoms with Crippen LogP contribution in [-0.2, 0) is 18.0 Å². The number of methoxy groups -OCH3 is 1. The summed E-state index contributed by atoms with van der Waals surface area (Å²) in [6.45, 7) is 12.2. The van der Waals surface area contributed by atoms with E-state index in [9.17, 15) is 0 Å². The molecule has 0 bridgehead atoms. The molecule has 1 aliphatic heterocycles. The van der Waals surface area contributed by atoms with Crippen molar-refractivity contribution < 1.29 is 9.47 Å². The van der Waals surface area contributed by atoms with Crippen molar-refractivity contribution in [2.75, 3.05) is 7.11 Å². The van der Waals surface area contributed by atoms with E-state index in [0.717, 1.165) is 5.75 Å². The summed E-state index contributed by atoms with van der Waals surface area (Å²) in [5.74, 6) is 0.948. The summed E-state index contributed by atoms with van der Waals surface area (Å²) >= 11 is 0. The first-order chi connectivity index (χ1) is 10.5. The largest absolute Gasteiger partial charge is 0.496 e. The molecule has 1 aliphatic rings. The first-order valence-electron chi connectivity index (χ1n) is 7.80. The Bertz CT molecular complexity index is 757. The molecule has 116 valence electrons. The summed E-state index contributed by atoms with van der Waals surface area (Å²) in [4.78, 5) is 0. The number of hydrogen-bond donors (Lipinski definition) is 0. The fourth-order valence-electron chi connectivity index (χ4n) is 3.46. The molecule has 0 saturated heterocycles. The minimum Gasteiger partial charge on any atom is -0.496 e. The minimum atomic E-state index is 0.638. The van der Waals surface area contributed by atoms with Gasteiger partial charge in [-0.25, -0.2) is 0 Å². The third-order valence-electron chi connectivity index (χ3n) is 5.22. The zero-order valence-electron chi connectivity index (χ0n) is 14.4. The maximum atomic E-state index is 5.96. The molecule has 0 N–H and O–H groups in total. The second kappa shape index (κ2) is 5.44. The number of ether oxygens (including phenoxy) is 2. The van der Waals surface area contributed by atoms with Crippen LogP contribution in [0.2, 0.25) is 0 Å². The molecule has 0 radical (unpaired) electrons. The van der Waals surface area contributed by atoms with Gasteiger partial charge in [0.1, 0.15) is 5.75 Å². The first kappa shape index (κ1) is 15.1. The summed E-state index contributed by atoms with van der Waals surface area (Å²) in [6, 6.07) is 4.46. The molecule has 2 heteroatoms. The molecule has 2 nitrogen and oxygen atoms in total. The van der Waals surface area contributed by atoms with Gasteiger partial charge in [0.05, 0.1) is 20.3 Å². The van der Waals surface area contributed by atoms with Gasteiger partial charge in [-0.2, -0.15) is 0 Å². The number of fused-ring (bicyclic) bond motifs is 3. The first-order valence-corrected chi connectivity index (χ1v) is 7.80. The average molecular weight is 296 g/mol. The molecule has 2 aromatic carbocycles. The van der Waals surface area contributed by atoms with Crippen molar-refractivity contribution >= 4 is 0 Å². The lowest BCUT2D eigenvalue weighted by atomic mass is 9.85.